The Morgan fingerprint density at radius 2 is 2.08 bits per heavy atom. The van der Waals surface area contributed by atoms with Crippen molar-refractivity contribution in [1.82, 2.24) is 0 Å². The van der Waals surface area contributed by atoms with E-state index in [0.29, 0.717) is 0 Å². The van der Waals surface area contributed by atoms with Crippen LogP contribution in [0.25, 0.3) is 0 Å². The number of carbonyl (C=O) groups excluding carboxylic acids is 1. The van der Waals surface area contributed by atoms with Crippen LogP contribution in [0.2, 0.25) is 0 Å². The van der Waals surface area contributed by atoms with Gasteiger partial charge in [0.2, 0.25) is 0 Å². The lowest BCUT2D eigenvalue weighted by atomic mass is 10.0. The van der Waals surface area contributed by atoms with E-state index in [-0.39, 0.29) is 0 Å². The molecule has 0 rings (SSSR count). The zero-order valence-corrected chi connectivity index (χ0v) is 7.49. The second kappa shape index (κ2) is 3.49. The molecule has 0 aromatic rings. The predicted molar refractivity (Wildman–Crippen MR) is 42.7 cm³/mol. The minimum Gasteiger partial charge on any atom is -0.381 e. The summed E-state index contributed by atoms with van der Waals surface area (Å²) in [5.74, 6) is -0.800. The van der Waals surface area contributed by atoms with E-state index in [9.17, 15) is 14.5 Å². The Hall–Kier alpha value is -0.480. The topological polar surface area (TPSA) is 94.8 Å². The van der Waals surface area contributed by atoms with Gasteiger partial charge in [-0.3, -0.25) is 9.36 Å². The van der Waals surface area contributed by atoms with Gasteiger partial charge in [0.25, 0.3) is 0 Å². The first-order valence-corrected chi connectivity index (χ1v) is 4.92. The monoisotopic (exact) mass is 194 g/mol. The lowest BCUT2D eigenvalue weighted by Crippen LogP contribution is -2.37. The number of hydrogen-bond donors (Lipinski definition) is 3. The van der Waals surface area contributed by atoms with Gasteiger partial charge in [0.05, 0.1) is 6.16 Å². The molecule has 0 aliphatic rings. The Bertz CT molecular complexity index is 238. The van der Waals surface area contributed by atoms with Crippen LogP contribution in [0.15, 0.2) is 12.7 Å². The molecule has 0 aromatic heterocycles. The minimum atomic E-state index is -4.37. The molecule has 0 saturated heterocycles. The smallest absolute Gasteiger partial charge is 0.328 e. The maximum absolute atomic E-state index is 10.8. The molecule has 1 unspecified atom stereocenters. The molecule has 0 fully saturated rings. The molecule has 0 radical (unpaired) electrons. The predicted octanol–water partition coefficient (Wildman–Crippen LogP) is -0.330. The van der Waals surface area contributed by atoms with Gasteiger partial charge >= 0.3 is 7.60 Å². The van der Waals surface area contributed by atoms with Crippen molar-refractivity contribution in [2.24, 2.45) is 0 Å². The first-order chi connectivity index (χ1) is 5.19. The molecule has 70 valence electrons. The molecule has 0 bridgehead atoms. The highest BCUT2D eigenvalue weighted by molar-refractivity contribution is 7.51. The molecule has 0 heterocycles. The summed E-state index contributed by atoms with van der Waals surface area (Å²) < 4.78 is 10.4. The van der Waals surface area contributed by atoms with E-state index in [0.717, 1.165) is 13.0 Å². The summed E-state index contributed by atoms with van der Waals surface area (Å²) in [6, 6.07) is 0. The van der Waals surface area contributed by atoms with E-state index in [1.54, 1.807) is 0 Å². The van der Waals surface area contributed by atoms with Crippen molar-refractivity contribution in [1.29, 1.82) is 0 Å². The number of hydrogen-bond acceptors (Lipinski definition) is 3. The zero-order valence-electron chi connectivity index (χ0n) is 6.60. The molecular weight excluding hydrogens is 183 g/mol. The molecule has 3 N–H and O–H groups in total. The molecule has 1 atom stereocenters. The lowest BCUT2D eigenvalue weighted by molar-refractivity contribution is -0.128. The number of carbonyl (C=O) groups is 1. The van der Waals surface area contributed by atoms with Crippen LogP contribution >= 0.6 is 7.60 Å². The van der Waals surface area contributed by atoms with E-state index >= 15 is 0 Å². The molecule has 0 saturated carbocycles. The van der Waals surface area contributed by atoms with Gasteiger partial charge in [-0.25, -0.2) is 0 Å². The van der Waals surface area contributed by atoms with Gasteiger partial charge in [-0.2, -0.15) is 0 Å². The molecule has 0 aromatic carbocycles. The quantitative estimate of drug-likeness (QED) is 0.420. The number of aliphatic hydroxyl groups is 1. The number of ketones is 1. The van der Waals surface area contributed by atoms with Crippen LogP contribution in [0.1, 0.15) is 6.92 Å². The van der Waals surface area contributed by atoms with Gasteiger partial charge in [0, 0.05) is 0 Å². The highest BCUT2D eigenvalue weighted by Gasteiger charge is 2.35. The van der Waals surface area contributed by atoms with E-state index in [4.69, 9.17) is 9.79 Å². The fraction of sp³-hybridized carbons (Fsp3) is 0.500. The second-order valence-electron chi connectivity index (χ2n) is 2.67. The van der Waals surface area contributed by atoms with Crippen LogP contribution in [-0.2, 0) is 9.36 Å². The third-order valence-corrected chi connectivity index (χ3v) is 2.26. The van der Waals surface area contributed by atoms with Crippen LogP contribution in [0.5, 0.6) is 0 Å². The Balaban J connectivity index is 4.54. The highest BCUT2D eigenvalue weighted by atomic mass is 31.2. The first kappa shape index (κ1) is 11.5. The van der Waals surface area contributed by atoms with Crippen LogP contribution in [0.3, 0.4) is 0 Å². The minimum absolute atomic E-state index is 0.800. The van der Waals surface area contributed by atoms with Crippen LogP contribution in [0.4, 0.5) is 0 Å². The average Bonchev–Trinajstić information content (AvgIpc) is 1.80. The first-order valence-electron chi connectivity index (χ1n) is 3.13. The molecule has 6 heteroatoms. The van der Waals surface area contributed by atoms with Crippen molar-refractivity contribution in [3.05, 3.63) is 12.7 Å². The Morgan fingerprint density at radius 3 is 2.33 bits per heavy atom. The van der Waals surface area contributed by atoms with Gasteiger partial charge in [-0.1, -0.05) is 6.58 Å². The molecule has 0 amide bonds. The van der Waals surface area contributed by atoms with Gasteiger partial charge in [-0.05, 0) is 13.0 Å². The standard InChI is InChI=1S/C6H11O5P/c1-3-5(7)6(2,8)4-12(9,10)11/h3,8H,1,4H2,2H3,(H2,9,10,11). The normalized spacial score (nSPS) is 16.7. The fourth-order valence-electron chi connectivity index (χ4n) is 0.699. The fourth-order valence-corrected chi connectivity index (χ4v) is 1.66. The van der Waals surface area contributed by atoms with Gasteiger partial charge in [0.15, 0.2) is 5.78 Å². The van der Waals surface area contributed by atoms with Gasteiger partial charge in [0.1, 0.15) is 5.60 Å². The second-order valence-corrected chi connectivity index (χ2v) is 4.31. The third kappa shape index (κ3) is 3.78. The van der Waals surface area contributed by atoms with Crippen molar-refractivity contribution in [2.45, 2.75) is 12.5 Å². The molecule has 0 aliphatic carbocycles. The Morgan fingerprint density at radius 1 is 1.67 bits per heavy atom. The van der Waals surface area contributed by atoms with E-state index in [1.165, 1.54) is 0 Å². The van der Waals surface area contributed by atoms with Crippen molar-refractivity contribution in [2.75, 3.05) is 6.16 Å². The molecular formula is C6H11O5P. The summed E-state index contributed by atoms with van der Waals surface area (Å²) in [5, 5.41) is 9.21. The third-order valence-electron chi connectivity index (χ3n) is 1.23. The van der Waals surface area contributed by atoms with Crippen LogP contribution in [0, 0.1) is 0 Å². The van der Waals surface area contributed by atoms with E-state index in [2.05, 4.69) is 6.58 Å². The number of rotatable bonds is 4. The van der Waals surface area contributed by atoms with Gasteiger partial charge < -0.3 is 14.9 Å². The molecule has 5 nitrogen and oxygen atoms in total. The summed E-state index contributed by atoms with van der Waals surface area (Å²) in [4.78, 5) is 27.7. The van der Waals surface area contributed by atoms with Crippen molar-refractivity contribution >= 4 is 13.4 Å². The van der Waals surface area contributed by atoms with E-state index < -0.39 is 25.1 Å². The summed E-state index contributed by atoms with van der Waals surface area (Å²) >= 11 is 0. The maximum atomic E-state index is 10.8. The largest absolute Gasteiger partial charge is 0.381 e. The van der Waals surface area contributed by atoms with E-state index in [1.807, 2.05) is 0 Å². The van der Waals surface area contributed by atoms with Crippen LogP contribution in [-0.4, -0.2) is 32.4 Å². The van der Waals surface area contributed by atoms with Crippen molar-refractivity contribution in [3.63, 3.8) is 0 Å². The summed E-state index contributed by atoms with van der Waals surface area (Å²) in [7, 11) is -4.37. The Kier molecular flexibility index (Phi) is 3.35. The Labute approximate surface area is 69.9 Å². The average molecular weight is 194 g/mol. The van der Waals surface area contributed by atoms with Crippen LogP contribution < -0.4 is 0 Å². The van der Waals surface area contributed by atoms with Crippen molar-refractivity contribution in [3.8, 4) is 0 Å². The lowest BCUT2D eigenvalue weighted by Gasteiger charge is -2.19. The maximum Gasteiger partial charge on any atom is 0.328 e. The summed E-state index contributed by atoms with van der Waals surface area (Å²) in [6.07, 6.45) is -0.0550. The van der Waals surface area contributed by atoms with Crippen molar-refractivity contribution < 1.29 is 24.3 Å². The zero-order chi connectivity index (χ0) is 9.99. The van der Waals surface area contributed by atoms with Gasteiger partial charge in [-0.15, -0.1) is 0 Å². The molecule has 0 aliphatic heterocycles. The summed E-state index contributed by atoms with van der Waals surface area (Å²) in [6.45, 7) is 4.13. The summed E-state index contributed by atoms with van der Waals surface area (Å²) in [5.41, 5.74) is -2.03. The SMILES string of the molecule is C=CC(=O)C(C)(O)CP(=O)(O)O. The molecule has 0 spiro atoms. The molecule has 12 heavy (non-hydrogen) atoms. The highest BCUT2D eigenvalue weighted by Crippen LogP contribution is 2.38.